The van der Waals surface area contributed by atoms with E-state index in [4.69, 9.17) is 5.73 Å². The fourth-order valence-electron chi connectivity index (χ4n) is 2.97. The molecule has 0 aliphatic carbocycles. The van der Waals surface area contributed by atoms with Gasteiger partial charge in [-0.25, -0.2) is 0 Å². The minimum atomic E-state index is -0.443. The number of nitrogen functional groups attached to an aromatic ring is 1. The number of nitrogens with two attached hydrogens (primary N) is 1. The van der Waals surface area contributed by atoms with Gasteiger partial charge in [0.1, 0.15) is 5.69 Å². The lowest BCUT2D eigenvalue weighted by Gasteiger charge is -2.20. The molecule has 1 aromatic rings. The number of nitro benzene ring substituents is 1. The zero-order chi connectivity index (χ0) is 12.7. The number of nitrogens with one attached hydrogen (secondary N) is 1. The SMILES string of the molecule is Nc1cc(N2CC3CNCC3C2)ccc1[N+](=O)[O-]. The molecule has 2 fully saturated rings. The van der Waals surface area contributed by atoms with Crippen molar-refractivity contribution in [2.24, 2.45) is 11.8 Å². The van der Waals surface area contributed by atoms with Gasteiger partial charge in [0.25, 0.3) is 5.69 Å². The number of rotatable bonds is 2. The Kier molecular flexibility index (Phi) is 2.59. The number of fused-ring (bicyclic) bond motifs is 1. The second kappa shape index (κ2) is 4.13. The van der Waals surface area contributed by atoms with Crippen LogP contribution >= 0.6 is 0 Å². The van der Waals surface area contributed by atoms with Gasteiger partial charge in [0.15, 0.2) is 0 Å². The summed E-state index contributed by atoms with van der Waals surface area (Å²) in [5.41, 5.74) is 6.95. The summed E-state index contributed by atoms with van der Waals surface area (Å²) in [7, 11) is 0. The van der Waals surface area contributed by atoms with Crippen LogP contribution in [0, 0.1) is 22.0 Å². The number of nitro groups is 1. The van der Waals surface area contributed by atoms with Crippen LogP contribution in [0.25, 0.3) is 0 Å². The van der Waals surface area contributed by atoms with E-state index in [-0.39, 0.29) is 11.4 Å². The molecule has 2 atom stereocenters. The average molecular weight is 248 g/mol. The molecule has 6 heteroatoms. The normalized spacial score (nSPS) is 26.3. The molecule has 3 N–H and O–H groups in total. The molecule has 0 bridgehead atoms. The van der Waals surface area contributed by atoms with Gasteiger partial charge in [0, 0.05) is 37.9 Å². The first kappa shape index (κ1) is 11.3. The van der Waals surface area contributed by atoms with E-state index in [9.17, 15) is 10.1 Å². The molecular formula is C12H16N4O2. The van der Waals surface area contributed by atoms with Gasteiger partial charge < -0.3 is 16.0 Å². The van der Waals surface area contributed by atoms with E-state index in [2.05, 4.69) is 10.2 Å². The third kappa shape index (κ3) is 1.78. The molecule has 2 aliphatic heterocycles. The van der Waals surface area contributed by atoms with Gasteiger partial charge in [0.2, 0.25) is 0 Å². The molecule has 1 aromatic carbocycles. The minimum absolute atomic E-state index is 0.0141. The Morgan fingerprint density at radius 3 is 2.56 bits per heavy atom. The molecule has 2 unspecified atom stereocenters. The van der Waals surface area contributed by atoms with Gasteiger partial charge in [0.05, 0.1) is 4.92 Å². The van der Waals surface area contributed by atoms with Crippen molar-refractivity contribution in [3.8, 4) is 0 Å². The van der Waals surface area contributed by atoms with Crippen LogP contribution in [0.4, 0.5) is 17.1 Å². The maximum atomic E-state index is 10.7. The van der Waals surface area contributed by atoms with Crippen molar-refractivity contribution in [2.75, 3.05) is 36.8 Å². The fraction of sp³-hybridized carbons (Fsp3) is 0.500. The summed E-state index contributed by atoms with van der Waals surface area (Å²) in [6, 6.07) is 5.01. The average Bonchev–Trinajstić information content (AvgIpc) is 2.87. The van der Waals surface area contributed by atoms with Crippen LogP contribution in [0.3, 0.4) is 0 Å². The zero-order valence-corrected chi connectivity index (χ0v) is 10.0. The lowest BCUT2D eigenvalue weighted by Crippen LogP contribution is -2.25. The number of hydrogen-bond acceptors (Lipinski definition) is 5. The van der Waals surface area contributed by atoms with Crippen molar-refractivity contribution in [3.63, 3.8) is 0 Å². The largest absolute Gasteiger partial charge is 0.393 e. The highest BCUT2D eigenvalue weighted by Crippen LogP contribution is 2.33. The molecule has 0 radical (unpaired) electrons. The number of anilines is 2. The van der Waals surface area contributed by atoms with Crippen LogP contribution < -0.4 is 16.0 Å². The Balaban J connectivity index is 1.81. The van der Waals surface area contributed by atoms with E-state index in [1.54, 1.807) is 12.1 Å². The molecule has 18 heavy (non-hydrogen) atoms. The van der Waals surface area contributed by atoms with Crippen molar-refractivity contribution in [1.29, 1.82) is 0 Å². The lowest BCUT2D eigenvalue weighted by atomic mass is 10.0. The Morgan fingerprint density at radius 2 is 2.00 bits per heavy atom. The van der Waals surface area contributed by atoms with Gasteiger partial charge in [-0.15, -0.1) is 0 Å². The lowest BCUT2D eigenvalue weighted by molar-refractivity contribution is -0.383. The molecule has 96 valence electrons. The topological polar surface area (TPSA) is 84.4 Å². The van der Waals surface area contributed by atoms with Crippen molar-refractivity contribution < 1.29 is 4.92 Å². The maximum absolute atomic E-state index is 10.7. The summed E-state index contributed by atoms with van der Waals surface area (Å²) in [6.45, 7) is 4.16. The number of hydrogen-bond donors (Lipinski definition) is 2. The Hall–Kier alpha value is -1.82. The smallest absolute Gasteiger partial charge is 0.292 e. The van der Waals surface area contributed by atoms with E-state index in [1.807, 2.05) is 0 Å². The maximum Gasteiger partial charge on any atom is 0.292 e. The summed E-state index contributed by atoms with van der Waals surface area (Å²) in [6.07, 6.45) is 0. The summed E-state index contributed by atoms with van der Waals surface area (Å²) in [5, 5.41) is 14.1. The second-order valence-electron chi connectivity index (χ2n) is 5.08. The first-order valence-corrected chi connectivity index (χ1v) is 6.14. The van der Waals surface area contributed by atoms with Gasteiger partial charge >= 0.3 is 0 Å². The molecule has 2 saturated heterocycles. The van der Waals surface area contributed by atoms with Gasteiger partial charge in [-0.05, 0) is 24.0 Å². The van der Waals surface area contributed by atoms with Crippen molar-refractivity contribution >= 4 is 17.1 Å². The summed E-state index contributed by atoms with van der Waals surface area (Å²) in [5.74, 6) is 1.39. The molecular weight excluding hydrogens is 232 g/mol. The molecule has 0 saturated carbocycles. The van der Waals surface area contributed by atoms with Gasteiger partial charge in [-0.1, -0.05) is 0 Å². The summed E-state index contributed by atoms with van der Waals surface area (Å²) < 4.78 is 0. The van der Waals surface area contributed by atoms with E-state index in [0.29, 0.717) is 11.8 Å². The molecule has 0 aromatic heterocycles. The Labute approximate surface area is 105 Å². The van der Waals surface area contributed by atoms with Crippen LogP contribution in [-0.2, 0) is 0 Å². The van der Waals surface area contributed by atoms with Crippen LogP contribution in [0.15, 0.2) is 18.2 Å². The highest BCUT2D eigenvalue weighted by molar-refractivity contribution is 5.67. The molecule has 3 rings (SSSR count). The molecule has 2 aliphatic rings. The summed E-state index contributed by atoms with van der Waals surface area (Å²) >= 11 is 0. The molecule has 0 spiro atoms. The van der Waals surface area contributed by atoms with Gasteiger partial charge in [-0.3, -0.25) is 10.1 Å². The number of nitrogens with zero attached hydrogens (tertiary/aromatic N) is 2. The monoisotopic (exact) mass is 248 g/mol. The standard InChI is InChI=1S/C12H16N4O2/c13-11-3-10(1-2-12(11)16(17)18)15-6-8-4-14-5-9(8)7-15/h1-3,8-9,14H,4-7,13H2. The van der Waals surface area contributed by atoms with Crippen molar-refractivity contribution in [2.45, 2.75) is 0 Å². The van der Waals surface area contributed by atoms with Gasteiger partial charge in [-0.2, -0.15) is 0 Å². The van der Waals surface area contributed by atoms with Crippen LogP contribution in [0.2, 0.25) is 0 Å². The fourth-order valence-corrected chi connectivity index (χ4v) is 2.97. The van der Waals surface area contributed by atoms with Crippen LogP contribution in [-0.4, -0.2) is 31.1 Å². The van der Waals surface area contributed by atoms with E-state index >= 15 is 0 Å². The first-order valence-electron chi connectivity index (χ1n) is 6.14. The van der Waals surface area contributed by atoms with E-state index in [0.717, 1.165) is 31.9 Å². The van der Waals surface area contributed by atoms with E-state index < -0.39 is 4.92 Å². The highest BCUT2D eigenvalue weighted by atomic mass is 16.6. The first-order chi connectivity index (χ1) is 8.65. The van der Waals surface area contributed by atoms with Crippen LogP contribution in [0.1, 0.15) is 0 Å². The molecule has 0 amide bonds. The van der Waals surface area contributed by atoms with E-state index in [1.165, 1.54) is 6.07 Å². The Bertz CT molecular complexity index is 479. The van der Waals surface area contributed by atoms with Crippen molar-refractivity contribution in [1.82, 2.24) is 5.32 Å². The minimum Gasteiger partial charge on any atom is -0.393 e. The Morgan fingerprint density at radius 1 is 1.33 bits per heavy atom. The second-order valence-corrected chi connectivity index (χ2v) is 5.08. The predicted octanol–water partition coefficient (Wildman–Crippen LogP) is 0.833. The zero-order valence-electron chi connectivity index (χ0n) is 10.0. The molecule has 2 heterocycles. The number of benzene rings is 1. The third-order valence-electron chi connectivity index (χ3n) is 3.96. The van der Waals surface area contributed by atoms with Crippen molar-refractivity contribution in [3.05, 3.63) is 28.3 Å². The third-order valence-corrected chi connectivity index (χ3v) is 3.96. The summed E-state index contributed by atoms with van der Waals surface area (Å²) in [4.78, 5) is 12.5. The molecule has 6 nitrogen and oxygen atoms in total. The predicted molar refractivity (Wildman–Crippen MR) is 69.6 cm³/mol. The highest BCUT2D eigenvalue weighted by Gasteiger charge is 2.36. The quantitative estimate of drug-likeness (QED) is 0.460. The van der Waals surface area contributed by atoms with Crippen LogP contribution in [0.5, 0.6) is 0 Å².